The van der Waals surface area contributed by atoms with E-state index in [-0.39, 0.29) is 11.8 Å². The summed E-state index contributed by atoms with van der Waals surface area (Å²) in [5.41, 5.74) is 8.67. The van der Waals surface area contributed by atoms with Gasteiger partial charge in [0.05, 0.1) is 0 Å². The molecule has 1 aliphatic carbocycles. The van der Waals surface area contributed by atoms with Crippen LogP contribution >= 0.6 is 0 Å². The Balaban J connectivity index is 1.73. The number of rotatable bonds is 2. The molecule has 1 atom stereocenters. The number of aromatic nitrogens is 2. The highest BCUT2D eigenvalue weighted by Crippen LogP contribution is 2.27. The Morgan fingerprint density at radius 2 is 2.20 bits per heavy atom. The van der Waals surface area contributed by atoms with Gasteiger partial charge in [-0.1, -0.05) is 12.1 Å². The largest absolute Gasteiger partial charge is 0.384 e. The van der Waals surface area contributed by atoms with Crippen molar-refractivity contribution >= 4 is 17.5 Å². The van der Waals surface area contributed by atoms with Gasteiger partial charge in [-0.25, -0.2) is 9.97 Å². The van der Waals surface area contributed by atoms with Gasteiger partial charge in [0.2, 0.25) is 5.91 Å². The van der Waals surface area contributed by atoms with Crippen molar-refractivity contribution in [1.82, 2.24) is 9.97 Å². The summed E-state index contributed by atoms with van der Waals surface area (Å²) in [4.78, 5) is 20.8. The number of nitrogens with one attached hydrogen (secondary N) is 1. The highest BCUT2D eigenvalue weighted by Gasteiger charge is 2.28. The minimum absolute atomic E-state index is 0.0108. The fourth-order valence-corrected chi connectivity index (χ4v) is 2.50. The van der Waals surface area contributed by atoms with Crippen LogP contribution in [0.2, 0.25) is 0 Å². The molecule has 1 amide bonds. The van der Waals surface area contributed by atoms with Crippen LogP contribution in [0.4, 0.5) is 11.6 Å². The van der Waals surface area contributed by atoms with Gasteiger partial charge in [-0.05, 0) is 36.6 Å². The molecule has 5 heteroatoms. The molecule has 3 N–H and O–H groups in total. The number of carbonyl (C=O) groups excluding carboxylic acids is 1. The maximum atomic E-state index is 12.3. The maximum absolute atomic E-state index is 12.3. The number of carbonyl (C=O) groups is 1. The van der Waals surface area contributed by atoms with Gasteiger partial charge in [0, 0.05) is 24.2 Å². The summed E-state index contributed by atoms with van der Waals surface area (Å²) in [6.07, 6.45) is 3.02. The van der Waals surface area contributed by atoms with E-state index in [1.54, 1.807) is 12.3 Å². The fraction of sp³-hybridized carbons (Fsp3) is 0.267. The molecule has 0 radical (unpaired) electrons. The molecular weight excluding hydrogens is 252 g/mol. The standard InChI is InChI=1S/C15H16N4O/c1-9-3-2-6-17-14(9)19-15(20)11-7-10-4-5-13(16)18-12(10)8-11/h2-6,11H,7-8H2,1H3,(H2,16,18)(H,17,19,20). The highest BCUT2D eigenvalue weighted by molar-refractivity contribution is 5.93. The second-order valence-electron chi connectivity index (χ2n) is 5.11. The van der Waals surface area contributed by atoms with Crippen LogP contribution in [0.3, 0.4) is 0 Å². The molecule has 20 heavy (non-hydrogen) atoms. The lowest BCUT2D eigenvalue weighted by molar-refractivity contribution is -0.119. The first-order valence-corrected chi connectivity index (χ1v) is 6.60. The van der Waals surface area contributed by atoms with Crippen LogP contribution in [0.15, 0.2) is 30.5 Å². The molecule has 1 aliphatic rings. The Kier molecular flexibility index (Phi) is 3.10. The van der Waals surface area contributed by atoms with E-state index in [1.165, 1.54) is 0 Å². The minimum atomic E-state index is -0.0966. The van der Waals surface area contributed by atoms with Crippen molar-refractivity contribution in [3.05, 3.63) is 47.3 Å². The van der Waals surface area contributed by atoms with Crippen LogP contribution in [-0.2, 0) is 17.6 Å². The molecule has 1 unspecified atom stereocenters. The van der Waals surface area contributed by atoms with E-state index in [4.69, 9.17) is 5.73 Å². The number of amides is 1. The van der Waals surface area contributed by atoms with Crippen LogP contribution in [-0.4, -0.2) is 15.9 Å². The van der Waals surface area contributed by atoms with E-state index < -0.39 is 0 Å². The molecule has 2 aromatic heterocycles. The first kappa shape index (κ1) is 12.6. The van der Waals surface area contributed by atoms with E-state index in [0.717, 1.165) is 16.8 Å². The molecular formula is C15H16N4O. The molecule has 0 saturated heterocycles. The molecule has 5 nitrogen and oxygen atoms in total. The molecule has 3 rings (SSSR count). The third-order valence-electron chi connectivity index (χ3n) is 3.62. The maximum Gasteiger partial charge on any atom is 0.229 e. The van der Waals surface area contributed by atoms with Crippen molar-refractivity contribution < 1.29 is 4.79 Å². The number of nitrogens with two attached hydrogens (primary N) is 1. The molecule has 0 saturated carbocycles. The highest BCUT2D eigenvalue weighted by atomic mass is 16.1. The predicted octanol–water partition coefficient (Wildman–Crippen LogP) is 1.72. The average molecular weight is 268 g/mol. The van der Waals surface area contributed by atoms with Gasteiger partial charge in [0.25, 0.3) is 0 Å². The zero-order valence-electron chi connectivity index (χ0n) is 11.3. The molecule has 0 aliphatic heterocycles. The third kappa shape index (κ3) is 2.34. The lowest BCUT2D eigenvalue weighted by Crippen LogP contribution is -2.24. The Bertz CT molecular complexity index is 669. The monoisotopic (exact) mass is 268 g/mol. The second kappa shape index (κ2) is 4.92. The zero-order valence-corrected chi connectivity index (χ0v) is 11.3. The Labute approximate surface area is 117 Å². The predicted molar refractivity (Wildman–Crippen MR) is 77.2 cm³/mol. The van der Waals surface area contributed by atoms with E-state index in [1.807, 2.05) is 25.1 Å². The number of fused-ring (bicyclic) bond motifs is 1. The fourth-order valence-electron chi connectivity index (χ4n) is 2.50. The van der Waals surface area contributed by atoms with Gasteiger partial charge < -0.3 is 11.1 Å². The average Bonchev–Trinajstić information content (AvgIpc) is 2.84. The van der Waals surface area contributed by atoms with Crippen molar-refractivity contribution in [3.63, 3.8) is 0 Å². The number of aryl methyl sites for hydroxylation is 1. The molecule has 0 spiro atoms. The summed E-state index contributed by atoms with van der Waals surface area (Å²) in [6, 6.07) is 7.51. The van der Waals surface area contributed by atoms with Gasteiger partial charge in [0.1, 0.15) is 11.6 Å². The molecule has 0 fully saturated rings. The van der Waals surface area contributed by atoms with E-state index in [9.17, 15) is 4.79 Å². The Morgan fingerprint density at radius 3 is 3.00 bits per heavy atom. The number of anilines is 2. The number of pyridine rings is 2. The summed E-state index contributed by atoms with van der Waals surface area (Å²) >= 11 is 0. The SMILES string of the molecule is Cc1cccnc1NC(=O)C1Cc2ccc(N)nc2C1. The molecule has 0 aromatic carbocycles. The first-order chi connectivity index (χ1) is 9.63. The van der Waals surface area contributed by atoms with Gasteiger partial charge in [-0.15, -0.1) is 0 Å². The van der Waals surface area contributed by atoms with Gasteiger partial charge >= 0.3 is 0 Å². The smallest absolute Gasteiger partial charge is 0.229 e. The van der Waals surface area contributed by atoms with Crippen LogP contribution in [0.5, 0.6) is 0 Å². The van der Waals surface area contributed by atoms with Gasteiger partial charge in [-0.3, -0.25) is 4.79 Å². The second-order valence-corrected chi connectivity index (χ2v) is 5.11. The number of hydrogen-bond acceptors (Lipinski definition) is 4. The Hall–Kier alpha value is -2.43. The number of hydrogen-bond donors (Lipinski definition) is 2. The molecule has 102 valence electrons. The molecule has 2 heterocycles. The lowest BCUT2D eigenvalue weighted by Gasteiger charge is -2.11. The number of nitrogen functional groups attached to an aromatic ring is 1. The van der Waals surface area contributed by atoms with Crippen LogP contribution in [0.1, 0.15) is 16.8 Å². The van der Waals surface area contributed by atoms with E-state index >= 15 is 0 Å². The van der Waals surface area contributed by atoms with Crippen molar-refractivity contribution in [2.75, 3.05) is 11.1 Å². The summed E-state index contributed by atoms with van der Waals surface area (Å²) in [5, 5.41) is 2.89. The van der Waals surface area contributed by atoms with Crippen molar-refractivity contribution in [2.24, 2.45) is 5.92 Å². The number of nitrogens with zero attached hydrogens (tertiary/aromatic N) is 2. The molecule has 0 bridgehead atoms. The van der Waals surface area contributed by atoms with Crippen LogP contribution in [0, 0.1) is 12.8 Å². The lowest BCUT2D eigenvalue weighted by atomic mass is 10.1. The summed E-state index contributed by atoms with van der Waals surface area (Å²) in [5.74, 6) is 1.02. The molecule has 2 aromatic rings. The summed E-state index contributed by atoms with van der Waals surface area (Å²) in [7, 11) is 0. The topological polar surface area (TPSA) is 80.9 Å². The van der Waals surface area contributed by atoms with E-state index in [2.05, 4.69) is 15.3 Å². The van der Waals surface area contributed by atoms with Crippen molar-refractivity contribution in [2.45, 2.75) is 19.8 Å². The zero-order chi connectivity index (χ0) is 14.1. The van der Waals surface area contributed by atoms with Gasteiger partial charge in [-0.2, -0.15) is 0 Å². The summed E-state index contributed by atoms with van der Waals surface area (Å²) in [6.45, 7) is 1.92. The summed E-state index contributed by atoms with van der Waals surface area (Å²) < 4.78 is 0. The van der Waals surface area contributed by atoms with E-state index in [0.29, 0.717) is 24.5 Å². The van der Waals surface area contributed by atoms with Crippen molar-refractivity contribution in [1.29, 1.82) is 0 Å². The Morgan fingerprint density at radius 1 is 1.35 bits per heavy atom. The quantitative estimate of drug-likeness (QED) is 0.869. The normalized spacial score (nSPS) is 16.8. The van der Waals surface area contributed by atoms with Crippen molar-refractivity contribution in [3.8, 4) is 0 Å². The van der Waals surface area contributed by atoms with Gasteiger partial charge in [0.15, 0.2) is 0 Å². The van der Waals surface area contributed by atoms with Crippen LogP contribution in [0.25, 0.3) is 0 Å². The first-order valence-electron chi connectivity index (χ1n) is 6.60. The van der Waals surface area contributed by atoms with Crippen LogP contribution < -0.4 is 11.1 Å². The minimum Gasteiger partial charge on any atom is -0.384 e. The third-order valence-corrected chi connectivity index (χ3v) is 3.62.